The maximum atomic E-state index is 14.4. The van der Waals surface area contributed by atoms with Crippen LogP contribution in [-0.2, 0) is 26.2 Å². The lowest BCUT2D eigenvalue weighted by Crippen LogP contribution is -2.49. The van der Waals surface area contributed by atoms with Crippen molar-refractivity contribution in [2.75, 3.05) is 23.3 Å². The average Bonchev–Trinajstić information content (AvgIpc) is 3.65. The van der Waals surface area contributed by atoms with Gasteiger partial charge in [-0.1, -0.05) is 48.5 Å². The Balaban J connectivity index is 1.27. The normalized spacial score (nSPS) is 17.5. The molecule has 3 N–H and O–H groups in total. The van der Waals surface area contributed by atoms with Gasteiger partial charge in [-0.2, -0.15) is 9.78 Å². The van der Waals surface area contributed by atoms with Crippen LogP contribution in [0.3, 0.4) is 0 Å². The van der Waals surface area contributed by atoms with Gasteiger partial charge in [0.1, 0.15) is 29.6 Å². The first-order valence-electron chi connectivity index (χ1n) is 13.2. The molecule has 3 aromatic heterocycles. The fraction of sp³-hybridized carbons (Fsp3) is 0.207. The predicted molar refractivity (Wildman–Crippen MR) is 150 cm³/mol. The van der Waals surface area contributed by atoms with Gasteiger partial charge in [0.15, 0.2) is 11.5 Å². The number of nitrogens with one attached hydrogen (secondary N) is 3. The number of H-pyrrole nitrogens is 1. The fourth-order valence-electron chi connectivity index (χ4n) is 6.01. The fourth-order valence-corrected chi connectivity index (χ4v) is 6.01. The van der Waals surface area contributed by atoms with Crippen molar-refractivity contribution in [2.45, 2.75) is 25.2 Å². The minimum Gasteiger partial charge on any atom is -0.354 e. The van der Waals surface area contributed by atoms with E-state index in [0.29, 0.717) is 58.3 Å². The topological polar surface area (TPSA) is 151 Å². The van der Waals surface area contributed by atoms with Crippen molar-refractivity contribution >= 4 is 40.4 Å². The molecule has 2 aliphatic rings. The van der Waals surface area contributed by atoms with Crippen LogP contribution >= 0.6 is 0 Å². The van der Waals surface area contributed by atoms with Crippen LogP contribution in [0.2, 0.25) is 0 Å². The number of benzene rings is 2. The molecule has 3 amide bonds. The van der Waals surface area contributed by atoms with Crippen LogP contribution in [0.25, 0.3) is 17.0 Å². The van der Waals surface area contributed by atoms with Crippen LogP contribution in [0.4, 0.5) is 11.5 Å². The minimum atomic E-state index is -1.35. The van der Waals surface area contributed by atoms with Crippen LogP contribution < -0.4 is 15.5 Å². The van der Waals surface area contributed by atoms with E-state index in [0.717, 1.165) is 5.56 Å². The molecule has 1 unspecified atom stereocenters. The Labute approximate surface area is 233 Å². The van der Waals surface area contributed by atoms with Crippen molar-refractivity contribution in [2.24, 2.45) is 0 Å². The summed E-state index contributed by atoms with van der Waals surface area (Å²) in [5.41, 5.74) is 3.15. The molecule has 2 aliphatic heterocycles. The number of fused-ring (bicyclic) bond motifs is 5. The Morgan fingerprint density at radius 3 is 2.71 bits per heavy atom. The van der Waals surface area contributed by atoms with Crippen LogP contribution in [-0.4, -0.2) is 60.5 Å². The second kappa shape index (κ2) is 9.37. The number of rotatable bonds is 6. The molecule has 0 radical (unpaired) electrons. The summed E-state index contributed by atoms with van der Waals surface area (Å²) in [5, 5.41) is 10.6. The molecule has 0 bridgehead atoms. The summed E-state index contributed by atoms with van der Waals surface area (Å²) >= 11 is 0. The van der Waals surface area contributed by atoms with Gasteiger partial charge in [0.2, 0.25) is 17.7 Å². The highest BCUT2D eigenvalue weighted by molar-refractivity contribution is 6.17. The van der Waals surface area contributed by atoms with E-state index in [9.17, 15) is 14.4 Å². The third-order valence-electron chi connectivity index (χ3n) is 7.72. The van der Waals surface area contributed by atoms with Gasteiger partial charge in [0, 0.05) is 24.2 Å². The molecule has 2 aromatic carbocycles. The predicted octanol–water partition coefficient (Wildman–Crippen LogP) is 2.18. The highest BCUT2D eigenvalue weighted by Crippen LogP contribution is 2.53. The van der Waals surface area contributed by atoms with Crippen molar-refractivity contribution in [1.29, 1.82) is 0 Å². The molecule has 1 spiro atoms. The molecule has 0 fully saturated rings. The molecule has 41 heavy (non-hydrogen) atoms. The van der Waals surface area contributed by atoms with Crippen LogP contribution in [0.5, 0.6) is 0 Å². The van der Waals surface area contributed by atoms with E-state index in [1.54, 1.807) is 6.92 Å². The van der Waals surface area contributed by atoms with E-state index >= 15 is 0 Å². The maximum absolute atomic E-state index is 14.4. The summed E-state index contributed by atoms with van der Waals surface area (Å²) in [7, 11) is 0. The number of aromatic amines is 1. The number of nitrogens with zero attached hydrogens (tertiary/aromatic N) is 6. The molecular formula is C29H25N9O3. The molecule has 12 heteroatoms. The van der Waals surface area contributed by atoms with Gasteiger partial charge in [-0.3, -0.25) is 14.4 Å². The van der Waals surface area contributed by atoms with Gasteiger partial charge in [-0.05, 0) is 30.5 Å². The van der Waals surface area contributed by atoms with Crippen molar-refractivity contribution < 1.29 is 14.4 Å². The Bertz CT molecular complexity index is 1840. The molecule has 7 rings (SSSR count). The highest BCUT2D eigenvalue weighted by Gasteiger charge is 2.58. The summed E-state index contributed by atoms with van der Waals surface area (Å²) in [6, 6.07) is 17.2. The molecule has 1 atom stereocenters. The van der Waals surface area contributed by atoms with Crippen molar-refractivity contribution in [3.8, 4) is 5.82 Å². The molecule has 5 heterocycles. The summed E-state index contributed by atoms with van der Waals surface area (Å²) in [4.78, 5) is 58.1. The number of carbonyl (C=O) groups is 3. The summed E-state index contributed by atoms with van der Waals surface area (Å²) in [6.07, 6.45) is 3.44. The average molecular weight is 548 g/mol. The Kier molecular flexibility index (Phi) is 5.63. The molecule has 0 saturated carbocycles. The lowest BCUT2D eigenvalue weighted by atomic mass is 9.70. The van der Waals surface area contributed by atoms with E-state index in [4.69, 9.17) is 5.10 Å². The number of hydrogen-bond donors (Lipinski definition) is 3. The maximum Gasteiger partial charge on any atom is 0.243 e. The second-order valence-corrected chi connectivity index (χ2v) is 10.1. The standard InChI is InChI=1S/C29H25N9O3/c1-17-23-26(38(36-17)27-24-25(32-15-31-24)33-16-34-27)35-21(39)13-29(23)19-9-5-6-10-20(19)37(28(29)41)14-22(40)30-12-11-18-7-3-2-4-8-18/h2-10,15-16H,11-14H2,1H3,(H,30,40)(H,35,39)(H,31,32,33,34). The zero-order valence-electron chi connectivity index (χ0n) is 22.1. The number of aromatic nitrogens is 6. The first kappa shape index (κ1) is 24.6. The zero-order valence-corrected chi connectivity index (χ0v) is 22.1. The van der Waals surface area contributed by atoms with Gasteiger partial charge < -0.3 is 20.5 Å². The van der Waals surface area contributed by atoms with Gasteiger partial charge in [0.25, 0.3) is 0 Å². The largest absolute Gasteiger partial charge is 0.354 e. The van der Waals surface area contributed by atoms with E-state index in [-0.39, 0.29) is 30.7 Å². The third-order valence-corrected chi connectivity index (χ3v) is 7.72. The molecule has 0 saturated heterocycles. The summed E-state index contributed by atoms with van der Waals surface area (Å²) in [5.74, 6) is -0.221. The number of para-hydroxylation sites is 1. The lowest BCUT2D eigenvalue weighted by Gasteiger charge is -2.33. The molecule has 5 aromatic rings. The minimum absolute atomic E-state index is 0.113. The second-order valence-electron chi connectivity index (χ2n) is 10.1. The lowest BCUT2D eigenvalue weighted by molar-refractivity contribution is -0.128. The number of hydrogen-bond acceptors (Lipinski definition) is 7. The van der Waals surface area contributed by atoms with Crippen molar-refractivity contribution in [3.05, 3.63) is 89.6 Å². The Morgan fingerprint density at radius 1 is 1.05 bits per heavy atom. The first-order valence-corrected chi connectivity index (χ1v) is 13.2. The summed E-state index contributed by atoms with van der Waals surface area (Å²) in [6.45, 7) is 2.07. The Hall–Kier alpha value is -5.39. The van der Waals surface area contributed by atoms with Crippen LogP contribution in [0.15, 0.2) is 67.3 Å². The van der Waals surface area contributed by atoms with Crippen molar-refractivity contribution in [3.63, 3.8) is 0 Å². The first-order chi connectivity index (χ1) is 20.0. The summed E-state index contributed by atoms with van der Waals surface area (Å²) < 4.78 is 1.51. The van der Waals surface area contributed by atoms with E-state index < -0.39 is 5.41 Å². The number of amides is 3. The van der Waals surface area contributed by atoms with E-state index in [1.807, 2.05) is 54.6 Å². The molecule has 12 nitrogen and oxygen atoms in total. The van der Waals surface area contributed by atoms with Gasteiger partial charge in [0.05, 0.1) is 12.0 Å². The molecular weight excluding hydrogens is 522 g/mol. The van der Waals surface area contributed by atoms with Crippen LogP contribution in [0.1, 0.15) is 28.8 Å². The molecule has 204 valence electrons. The van der Waals surface area contributed by atoms with Crippen LogP contribution in [0, 0.1) is 6.92 Å². The Morgan fingerprint density at radius 2 is 1.85 bits per heavy atom. The highest BCUT2D eigenvalue weighted by atomic mass is 16.2. The van der Waals surface area contributed by atoms with Crippen molar-refractivity contribution in [1.82, 2.24) is 35.0 Å². The third kappa shape index (κ3) is 3.78. The van der Waals surface area contributed by atoms with E-state index in [2.05, 4.69) is 30.6 Å². The van der Waals surface area contributed by atoms with Gasteiger partial charge >= 0.3 is 0 Å². The zero-order chi connectivity index (χ0) is 28.1. The number of aryl methyl sites for hydroxylation is 1. The monoisotopic (exact) mass is 547 g/mol. The van der Waals surface area contributed by atoms with Gasteiger partial charge in [-0.15, -0.1) is 0 Å². The number of carbonyl (C=O) groups excluding carboxylic acids is 3. The molecule has 0 aliphatic carbocycles. The SMILES string of the molecule is Cc1nn(-c2ncnc3nc[nH]c23)c2c1C1(CC(=O)N2)C(=O)N(CC(=O)NCCc2ccccc2)c2ccccc21. The van der Waals surface area contributed by atoms with E-state index in [1.165, 1.54) is 22.2 Å². The quantitative estimate of drug-likeness (QED) is 0.295. The number of anilines is 2. The smallest absolute Gasteiger partial charge is 0.243 e. The number of imidazole rings is 1. The van der Waals surface area contributed by atoms with Gasteiger partial charge in [-0.25, -0.2) is 15.0 Å².